The van der Waals surface area contributed by atoms with Gasteiger partial charge in [0.1, 0.15) is 6.10 Å². The lowest BCUT2D eigenvalue weighted by Gasteiger charge is -2.22. The van der Waals surface area contributed by atoms with Gasteiger partial charge in [0, 0.05) is 36.2 Å². The van der Waals surface area contributed by atoms with E-state index in [4.69, 9.17) is 4.74 Å². The fraction of sp³-hybridized carbons (Fsp3) is 0.312. The van der Waals surface area contributed by atoms with E-state index in [-0.39, 0.29) is 5.91 Å². The van der Waals surface area contributed by atoms with Crippen molar-refractivity contribution in [2.24, 2.45) is 0 Å². The Morgan fingerprint density at radius 1 is 1.32 bits per heavy atom. The Labute approximate surface area is 128 Å². The normalized spacial score (nSPS) is 18.0. The molecule has 1 aromatic carbocycles. The molecule has 0 radical (unpaired) electrons. The molecular weight excluding hydrogens is 280 g/mol. The number of nitrogens with one attached hydrogen (secondary N) is 2. The molecule has 22 heavy (non-hydrogen) atoms. The summed E-state index contributed by atoms with van der Waals surface area (Å²) in [5.41, 5.74) is 2.57. The SMILES string of the molecule is Cc1ccnc(-c2ccc(NC(=O)C3CNCCO3)cc2)n1. The molecule has 1 fully saturated rings. The average molecular weight is 298 g/mol. The standard InChI is InChI=1S/C16H18N4O2/c1-11-6-7-18-15(19-11)12-2-4-13(5-3-12)20-16(21)14-10-17-8-9-22-14/h2-7,14,17H,8-10H2,1H3,(H,20,21). The molecule has 0 aliphatic carbocycles. The summed E-state index contributed by atoms with van der Waals surface area (Å²) >= 11 is 0. The molecule has 0 spiro atoms. The summed E-state index contributed by atoms with van der Waals surface area (Å²) in [5, 5.41) is 5.99. The van der Waals surface area contributed by atoms with Gasteiger partial charge < -0.3 is 15.4 Å². The predicted octanol–water partition coefficient (Wildman–Crippen LogP) is 1.38. The van der Waals surface area contributed by atoms with Crippen molar-refractivity contribution in [3.05, 3.63) is 42.2 Å². The molecule has 1 unspecified atom stereocenters. The van der Waals surface area contributed by atoms with Crippen LogP contribution in [0.1, 0.15) is 5.69 Å². The molecule has 1 aliphatic rings. The molecule has 6 heteroatoms. The van der Waals surface area contributed by atoms with E-state index in [1.54, 1.807) is 6.20 Å². The van der Waals surface area contributed by atoms with E-state index < -0.39 is 6.10 Å². The highest BCUT2D eigenvalue weighted by Crippen LogP contribution is 2.18. The molecule has 6 nitrogen and oxygen atoms in total. The number of amides is 1. The van der Waals surface area contributed by atoms with Crippen LogP contribution in [0.5, 0.6) is 0 Å². The number of hydrogen-bond donors (Lipinski definition) is 2. The van der Waals surface area contributed by atoms with Crippen molar-refractivity contribution < 1.29 is 9.53 Å². The van der Waals surface area contributed by atoms with Crippen LogP contribution in [-0.2, 0) is 9.53 Å². The number of rotatable bonds is 3. The number of nitrogens with zero attached hydrogens (tertiary/aromatic N) is 2. The molecule has 3 rings (SSSR count). The zero-order valence-electron chi connectivity index (χ0n) is 12.4. The number of aryl methyl sites for hydroxylation is 1. The Bertz CT molecular complexity index is 651. The van der Waals surface area contributed by atoms with E-state index >= 15 is 0 Å². The van der Waals surface area contributed by atoms with Crippen LogP contribution >= 0.6 is 0 Å². The second-order valence-electron chi connectivity index (χ2n) is 5.15. The van der Waals surface area contributed by atoms with Crippen LogP contribution in [0, 0.1) is 6.92 Å². The molecule has 1 saturated heterocycles. The summed E-state index contributed by atoms with van der Waals surface area (Å²) in [6, 6.07) is 9.33. The maximum absolute atomic E-state index is 12.1. The molecule has 114 valence electrons. The maximum Gasteiger partial charge on any atom is 0.254 e. The van der Waals surface area contributed by atoms with Crippen LogP contribution in [-0.4, -0.2) is 41.7 Å². The Kier molecular flexibility index (Phi) is 4.41. The molecule has 1 aliphatic heterocycles. The first kappa shape index (κ1) is 14.6. The molecule has 0 saturated carbocycles. The van der Waals surface area contributed by atoms with Gasteiger partial charge >= 0.3 is 0 Å². The fourth-order valence-corrected chi connectivity index (χ4v) is 2.25. The number of hydrogen-bond acceptors (Lipinski definition) is 5. The first-order chi connectivity index (χ1) is 10.7. The van der Waals surface area contributed by atoms with Crippen molar-refractivity contribution in [2.75, 3.05) is 25.0 Å². The van der Waals surface area contributed by atoms with E-state index in [0.29, 0.717) is 19.0 Å². The topological polar surface area (TPSA) is 76.1 Å². The van der Waals surface area contributed by atoms with Gasteiger partial charge in [-0.25, -0.2) is 9.97 Å². The van der Waals surface area contributed by atoms with Gasteiger partial charge in [-0.3, -0.25) is 4.79 Å². The van der Waals surface area contributed by atoms with Crippen molar-refractivity contribution in [3.63, 3.8) is 0 Å². The van der Waals surface area contributed by atoms with Crippen LogP contribution in [0.3, 0.4) is 0 Å². The average Bonchev–Trinajstić information content (AvgIpc) is 2.56. The van der Waals surface area contributed by atoms with Gasteiger partial charge in [0.15, 0.2) is 5.82 Å². The van der Waals surface area contributed by atoms with Crippen molar-refractivity contribution in [3.8, 4) is 11.4 Å². The van der Waals surface area contributed by atoms with Gasteiger partial charge in [0.2, 0.25) is 0 Å². The van der Waals surface area contributed by atoms with Crippen LogP contribution in [0.2, 0.25) is 0 Å². The quantitative estimate of drug-likeness (QED) is 0.895. The minimum atomic E-state index is -0.437. The molecule has 2 aromatic rings. The summed E-state index contributed by atoms with van der Waals surface area (Å²) < 4.78 is 5.42. The number of anilines is 1. The molecule has 2 heterocycles. The summed E-state index contributed by atoms with van der Waals surface area (Å²) in [5.74, 6) is 0.546. The second-order valence-corrected chi connectivity index (χ2v) is 5.15. The zero-order valence-corrected chi connectivity index (χ0v) is 12.4. The fourth-order valence-electron chi connectivity index (χ4n) is 2.25. The third kappa shape index (κ3) is 3.47. The number of aromatic nitrogens is 2. The van der Waals surface area contributed by atoms with E-state index in [9.17, 15) is 4.79 Å². The third-order valence-corrected chi connectivity index (χ3v) is 3.43. The third-order valence-electron chi connectivity index (χ3n) is 3.43. The van der Waals surface area contributed by atoms with Gasteiger partial charge in [-0.05, 0) is 37.3 Å². The molecule has 0 bridgehead atoms. The smallest absolute Gasteiger partial charge is 0.254 e. The summed E-state index contributed by atoms with van der Waals surface area (Å²) in [7, 11) is 0. The number of morpholine rings is 1. The van der Waals surface area contributed by atoms with Gasteiger partial charge in [-0.2, -0.15) is 0 Å². The first-order valence-electron chi connectivity index (χ1n) is 7.25. The Morgan fingerprint density at radius 2 is 2.14 bits per heavy atom. The Balaban J connectivity index is 1.67. The Hall–Kier alpha value is -2.31. The van der Waals surface area contributed by atoms with Gasteiger partial charge in [0.25, 0.3) is 5.91 Å². The predicted molar refractivity (Wildman–Crippen MR) is 83.4 cm³/mol. The van der Waals surface area contributed by atoms with Crippen molar-refractivity contribution in [1.82, 2.24) is 15.3 Å². The minimum absolute atomic E-state index is 0.133. The lowest BCUT2D eigenvalue weighted by molar-refractivity contribution is -0.128. The van der Waals surface area contributed by atoms with Crippen molar-refractivity contribution in [1.29, 1.82) is 0 Å². The van der Waals surface area contributed by atoms with E-state index in [0.717, 1.165) is 23.5 Å². The molecule has 1 amide bonds. The number of ether oxygens (including phenoxy) is 1. The maximum atomic E-state index is 12.1. The van der Waals surface area contributed by atoms with Crippen molar-refractivity contribution in [2.45, 2.75) is 13.0 Å². The zero-order chi connectivity index (χ0) is 15.4. The highest BCUT2D eigenvalue weighted by molar-refractivity contribution is 5.94. The summed E-state index contributed by atoms with van der Waals surface area (Å²) in [6.07, 6.45) is 1.30. The largest absolute Gasteiger partial charge is 0.366 e. The van der Waals surface area contributed by atoms with Crippen molar-refractivity contribution >= 4 is 11.6 Å². The first-order valence-corrected chi connectivity index (χ1v) is 7.25. The van der Waals surface area contributed by atoms with E-state index in [2.05, 4.69) is 20.6 Å². The lowest BCUT2D eigenvalue weighted by atomic mass is 10.2. The van der Waals surface area contributed by atoms with Crippen LogP contribution in [0.25, 0.3) is 11.4 Å². The van der Waals surface area contributed by atoms with E-state index in [1.165, 1.54) is 0 Å². The van der Waals surface area contributed by atoms with Crippen LogP contribution in [0.15, 0.2) is 36.5 Å². The summed E-state index contributed by atoms with van der Waals surface area (Å²) in [4.78, 5) is 20.7. The van der Waals surface area contributed by atoms with Gasteiger partial charge in [-0.1, -0.05) is 0 Å². The summed E-state index contributed by atoms with van der Waals surface area (Å²) in [6.45, 7) is 3.82. The Morgan fingerprint density at radius 3 is 2.82 bits per heavy atom. The molecule has 1 aromatic heterocycles. The highest BCUT2D eigenvalue weighted by atomic mass is 16.5. The van der Waals surface area contributed by atoms with Crippen LogP contribution in [0.4, 0.5) is 5.69 Å². The minimum Gasteiger partial charge on any atom is -0.366 e. The van der Waals surface area contributed by atoms with Crippen LogP contribution < -0.4 is 10.6 Å². The van der Waals surface area contributed by atoms with Gasteiger partial charge in [0.05, 0.1) is 6.61 Å². The molecule has 2 N–H and O–H groups in total. The molecule has 1 atom stereocenters. The number of benzene rings is 1. The molecular formula is C16H18N4O2. The number of carbonyl (C=O) groups excluding carboxylic acids is 1. The number of carbonyl (C=O) groups is 1. The monoisotopic (exact) mass is 298 g/mol. The van der Waals surface area contributed by atoms with E-state index in [1.807, 2.05) is 37.3 Å². The van der Waals surface area contributed by atoms with Gasteiger partial charge in [-0.15, -0.1) is 0 Å². The highest BCUT2D eigenvalue weighted by Gasteiger charge is 2.21. The second kappa shape index (κ2) is 6.64. The lowest BCUT2D eigenvalue weighted by Crippen LogP contribution is -2.45.